The smallest absolute Gasteiger partial charge is 0.456 e. The maximum atomic E-state index is 7.07. The lowest BCUT2D eigenvalue weighted by molar-refractivity contribution is -0.394. The number of nitrogens with zero attached hydrogens (tertiary/aromatic N) is 7. The van der Waals surface area contributed by atoms with Gasteiger partial charge in [0.25, 0.3) is 11.4 Å². The summed E-state index contributed by atoms with van der Waals surface area (Å²) in [6, 6.07) is 53.5. The number of pyridine rings is 1. The molecular formula is C52H43N7O+2. The monoisotopic (exact) mass is 781 g/mol. The van der Waals surface area contributed by atoms with Gasteiger partial charge in [0.05, 0.1) is 22.7 Å². The van der Waals surface area contributed by atoms with Crippen LogP contribution in [0.15, 0.2) is 152 Å². The van der Waals surface area contributed by atoms with Crippen molar-refractivity contribution in [1.29, 1.82) is 0 Å². The lowest BCUT2D eigenvalue weighted by atomic mass is 9.86. The Morgan fingerprint density at radius 2 is 1.25 bits per heavy atom. The van der Waals surface area contributed by atoms with Crippen LogP contribution in [-0.4, -0.2) is 42.1 Å². The van der Waals surface area contributed by atoms with Gasteiger partial charge in [0.15, 0.2) is 24.5 Å². The molecule has 0 saturated carbocycles. The Bertz CT molecular complexity index is 3140. The van der Waals surface area contributed by atoms with Crippen molar-refractivity contribution in [3.05, 3.63) is 168 Å². The van der Waals surface area contributed by atoms with E-state index in [4.69, 9.17) is 24.7 Å². The molecule has 0 aliphatic carbocycles. The Hall–Kier alpha value is -7.54. The van der Waals surface area contributed by atoms with Gasteiger partial charge < -0.3 is 4.74 Å². The minimum Gasteiger partial charge on any atom is -0.456 e. The number of aryl methyl sites for hydroxylation is 2. The molecular weight excluding hydrogens is 739 g/mol. The summed E-state index contributed by atoms with van der Waals surface area (Å²) in [5.74, 6) is 3.73. The SMILES string of the molecule is Cc1ccc(-c2nc(-c3ccc(C)cc3)nc(-c3cc4c5cc(C(C)(C)C)ccc5n(-c5ccccn5)c4cc3Oc3cccc([N+]4=C=[N+](C)c5ccccc54)c3)n2)cc1. The average Bonchev–Trinajstić information content (AvgIpc) is 3.77. The minimum atomic E-state index is -0.0654. The molecule has 10 rings (SSSR count). The van der Waals surface area contributed by atoms with E-state index in [1.807, 2.05) is 66.4 Å². The number of hydrogen-bond acceptors (Lipinski definition) is 5. The van der Waals surface area contributed by atoms with Crippen molar-refractivity contribution < 1.29 is 9.31 Å². The largest absolute Gasteiger partial charge is 0.496 e. The molecule has 0 amide bonds. The topological polar surface area (TPSA) is 71.7 Å². The Morgan fingerprint density at radius 1 is 0.600 bits per heavy atom. The predicted octanol–water partition coefficient (Wildman–Crippen LogP) is 12.4. The zero-order chi connectivity index (χ0) is 41.1. The van der Waals surface area contributed by atoms with E-state index in [9.17, 15) is 0 Å². The van der Waals surface area contributed by atoms with Crippen molar-refractivity contribution in [2.45, 2.75) is 40.0 Å². The number of fused-ring (bicyclic) bond motifs is 4. The molecule has 6 aromatic carbocycles. The Balaban J connectivity index is 1.24. The van der Waals surface area contributed by atoms with Crippen LogP contribution in [0.3, 0.4) is 0 Å². The molecule has 4 heterocycles. The second kappa shape index (κ2) is 14.4. The van der Waals surface area contributed by atoms with Crippen molar-refractivity contribution in [2.75, 3.05) is 7.05 Å². The second-order valence-corrected chi connectivity index (χ2v) is 16.5. The summed E-state index contributed by atoms with van der Waals surface area (Å²) < 4.78 is 13.4. The van der Waals surface area contributed by atoms with E-state index in [-0.39, 0.29) is 5.41 Å². The second-order valence-electron chi connectivity index (χ2n) is 16.5. The van der Waals surface area contributed by atoms with E-state index in [1.165, 1.54) is 5.56 Å². The highest BCUT2D eigenvalue weighted by Gasteiger charge is 2.32. The number of ether oxygens (including phenoxy) is 1. The molecule has 3 aromatic heterocycles. The zero-order valence-corrected chi connectivity index (χ0v) is 34.5. The van der Waals surface area contributed by atoms with Gasteiger partial charge in [-0.05, 0) is 65.8 Å². The number of hydrogen-bond donors (Lipinski definition) is 0. The number of benzene rings is 6. The van der Waals surface area contributed by atoms with Crippen LogP contribution >= 0.6 is 0 Å². The van der Waals surface area contributed by atoms with Crippen LogP contribution < -0.4 is 9.31 Å². The number of rotatable bonds is 7. The van der Waals surface area contributed by atoms with Crippen LogP contribution in [0.4, 0.5) is 17.1 Å². The van der Waals surface area contributed by atoms with Gasteiger partial charge in [0.2, 0.25) is 5.69 Å². The molecule has 0 bridgehead atoms. The fourth-order valence-electron chi connectivity index (χ4n) is 7.87. The van der Waals surface area contributed by atoms with Crippen molar-refractivity contribution in [1.82, 2.24) is 29.1 Å². The molecule has 0 atom stereocenters. The zero-order valence-electron chi connectivity index (χ0n) is 34.5. The summed E-state index contributed by atoms with van der Waals surface area (Å²) in [6.45, 7) is 10.9. The van der Waals surface area contributed by atoms with Crippen molar-refractivity contribution >= 4 is 44.9 Å². The van der Waals surface area contributed by atoms with E-state index in [2.05, 4.69) is 147 Å². The number of aromatic nitrogens is 5. The first-order valence-corrected chi connectivity index (χ1v) is 20.2. The molecule has 0 spiro atoms. The van der Waals surface area contributed by atoms with Crippen LogP contribution in [0.25, 0.3) is 61.8 Å². The molecule has 1 aliphatic heterocycles. The third-order valence-electron chi connectivity index (χ3n) is 11.1. The maximum Gasteiger partial charge on any atom is 0.496 e. The summed E-state index contributed by atoms with van der Waals surface area (Å²) in [7, 11) is 2.01. The summed E-state index contributed by atoms with van der Waals surface area (Å²) in [6.07, 6.45) is 1.83. The van der Waals surface area contributed by atoms with E-state index in [1.54, 1.807) is 0 Å². The van der Waals surface area contributed by atoms with Crippen LogP contribution in [0.1, 0.15) is 37.5 Å². The van der Waals surface area contributed by atoms with Gasteiger partial charge >= 0.3 is 6.01 Å². The van der Waals surface area contributed by atoms with Crippen LogP contribution in [0.2, 0.25) is 0 Å². The van der Waals surface area contributed by atoms with E-state index < -0.39 is 0 Å². The predicted molar refractivity (Wildman–Crippen MR) is 242 cm³/mol. The fourth-order valence-corrected chi connectivity index (χ4v) is 7.87. The highest BCUT2D eigenvalue weighted by molar-refractivity contribution is 6.11. The van der Waals surface area contributed by atoms with E-state index in [0.29, 0.717) is 29.0 Å². The lowest BCUT2D eigenvalue weighted by Crippen LogP contribution is -2.10. The summed E-state index contributed by atoms with van der Waals surface area (Å²) >= 11 is 0. The molecule has 8 heteroatoms. The molecule has 0 radical (unpaired) electrons. The van der Waals surface area contributed by atoms with Gasteiger partial charge in [0, 0.05) is 52.4 Å². The summed E-state index contributed by atoms with van der Waals surface area (Å²) in [4.78, 5) is 20.4. The Kier molecular flexibility index (Phi) is 8.81. The van der Waals surface area contributed by atoms with Crippen molar-refractivity contribution in [3.8, 4) is 51.5 Å². The first kappa shape index (κ1) is 36.8. The molecule has 9 aromatic rings. The van der Waals surface area contributed by atoms with Crippen LogP contribution in [0, 0.1) is 13.8 Å². The molecule has 60 heavy (non-hydrogen) atoms. The quantitative estimate of drug-likeness (QED) is 0.151. The summed E-state index contributed by atoms with van der Waals surface area (Å²) in [5, 5.41) is 2.14. The van der Waals surface area contributed by atoms with Gasteiger partial charge in [-0.3, -0.25) is 4.57 Å². The fraction of sp³-hybridized carbons (Fsp3) is 0.135. The van der Waals surface area contributed by atoms with Crippen molar-refractivity contribution in [3.63, 3.8) is 0 Å². The lowest BCUT2D eigenvalue weighted by Gasteiger charge is -2.19. The third kappa shape index (κ3) is 6.63. The molecule has 290 valence electrons. The first-order valence-electron chi connectivity index (χ1n) is 20.2. The highest BCUT2D eigenvalue weighted by Crippen LogP contribution is 2.43. The van der Waals surface area contributed by atoms with Gasteiger partial charge in [-0.25, -0.2) is 19.9 Å². The standard InChI is InChI=1S/C52H43N7O/c1-33-17-21-35(22-18-33)49-54-50(36-23-19-34(2)20-24-36)56-51(55-49)42-30-41-40-28-37(52(3,4)5)25-26-43(40)59(48-16-9-10-27-53-48)46(41)31-47(42)60-39-13-11-12-38(29-39)58-32-57(6)44-14-7-8-15-45(44)58/h7-31H,1-6H3/q+2. The highest BCUT2D eigenvalue weighted by atomic mass is 16.5. The van der Waals surface area contributed by atoms with Gasteiger partial charge in [-0.2, -0.15) is 0 Å². The van der Waals surface area contributed by atoms with Gasteiger partial charge in [-0.15, -0.1) is 0 Å². The maximum absolute atomic E-state index is 7.07. The molecule has 8 nitrogen and oxygen atoms in total. The molecule has 0 unspecified atom stereocenters. The average molecular weight is 782 g/mol. The molecule has 0 fully saturated rings. The molecule has 1 aliphatic rings. The van der Waals surface area contributed by atoms with Crippen LogP contribution in [0.5, 0.6) is 11.5 Å². The Morgan fingerprint density at radius 3 is 1.92 bits per heavy atom. The van der Waals surface area contributed by atoms with Gasteiger partial charge in [-0.1, -0.05) is 115 Å². The molecule has 0 saturated heterocycles. The molecule has 0 N–H and O–H groups in total. The normalized spacial score (nSPS) is 12.4. The summed E-state index contributed by atoms with van der Waals surface area (Å²) in [5.41, 5.74) is 11.1. The van der Waals surface area contributed by atoms with Gasteiger partial charge in [0.1, 0.15) is 17.3 Å². The van der Waals surface area contributed by atoms with Crippen LogP contribution in [-0.2, 0) is 5.41 Å². The minimum absolute atomic E-state index is 0.0654. The first-order chi connectivity index (χ1) is 29.1. The van der Waals surface area contributed by atoms with Crippen molar-refractivity contribution in [2.24, 2.45) is 0 Å². The Labute approximate surface area is 349 Å². The third-order valence-corrected chi connectivity index (χ3v) is 11.1. The number of para-hydroxylation sites is 2. The van der Waals surface area contributed by atoms with E-state index >= 15 is 0 Å². The van der Waals surface area contributed by atoms with E-state index in [0.717, 1.165) is 72.5 Å².